The van der Waals surface area contributed by atoms with E-state index < -0.39 is 23.8 Å². The standard InChI is InChI=1S/C33H38F3N6O3Si/c1-21-18-41(24-8-4-5-9-24)14-12-32(21,46)40-31(44)25-15-22(16-27-29(25)39-20-42(27)19-33(34,35)36)7-6-13-38-26-11-10-23(30(43)37-2)17-28(26)45-3/h10-11,15-17,20-21,24,38H,4-5,8-9,12-14,18-19H2,1-3H3,(H,37,43)(H,40,44)/t21-,32?/m0/s1. The van der Waals surface area contributed by atoms with Crippen LogP contribution in [0.4, 0.5) is 18.9 Å². The quantitative estimate of drug-likeness (QED) is 0.248. The van der Waals surface area contributed by atoms with Crippen molar-refractivity contribution in [3.63, 3.8) is 0 Å². The third-order valence-electron chi connectivity index (χ3n) is 8.93. The first-order valence-electron chi connectivity index (χ1n) is 15.4. The lowest BCUT2D eigenvalue weighted by Gasteiger charge is -2.47. The van der Waals surface area contributed by atoms with E-state index in [-0.39, 0.29) is 35.0 Å². The lowest BCUT2D eigenvalue weighted by molar-refractivity contribution is -0.139. The zero-order chi connectivity index (χ0) is 33.1. The van der Waals surface area contributed by atoms with Gasteiger partial charge in [-0.3, -0.25) is 14.5 Å². The Bertz CT molecular complexity index is 1660. The summed E-state index contributed by atoms with van der Waals surface area (Å²) in [4.78, 5) is 32.5. The average Bonchev–Trinajstić information content (AvgIpc) is 3.70. The molecule has 3 N–H and O–H groups in total. The smallest absolute Gasteiger partial charge is 0.406 e. The Kier molecular flexibility index (Phi) is 9.98. The Balaban J connectivity index is 1.38. The third-order valence-corrected chi connectivity index (χ3v) is 9.80. The largest absolute Gasteiger partial charge is 0.495 e. The van der Waals surface area contributed by atoms with Crippen molar-refractivity contribution in [1.82, 2.24) is 25.1 Å². The van der Waals surface area contributed by atoms with E-state index in [9.17, 15) is 22.8 Å². The molecule has 46 heavy (non-hydrogen) atoms. The van der Waals surface area contributed by atoms with Crippen LogP contribution in [0.5, 0.6) is 5.75 Å². The summed E-state index contributed by atoms with van der Waals surface area (Å²) in [6.45, 7) is 2.69. The molecule has 0 spiro atoms. The summed E-state index contributed by atoms with van der Waals surface area (Å²) in [5, 5.41) is 8.16. The third kappa shape index (κ3) is 7.50. The molecule has 1 aliphatic heterocycles. The summed E-state index contributed by atoms with van der Waals surface area (Å²) in [5.41, 5.74) is 1.92. The van der Waals surface area contributed by atoms with E-state index >= 15 is 0 Å². The number of rotatable bonds is 8. The van der Waals surface area contributed by atoms with E-state index in [0.29, 0.717) is 35.0 Å². The van der Waals surface area contributed by atoms with Gasteiger partial charge in [0.15, 0.2) is 0 Å². The molecule has 1 aromatic heterocycles. The molecule has 2 aliphatic rings. The number of halogens is 3. The van der Waals surface area contributed by atoms with Gasteiger partial charge < -0.3 is 25.3 Å². The molecule has 2 heterocycles. The fraction of sp³-hybridized carbons (Fsp3) is 0.485. The normalized spacial score (nSPS) is 20.6. The first kappa shape index (κ1) is 33.3. The molecule has 3 aromatic rings. The van der Waals surface area contributed by atoms with Crippen LogP contribution in [-0.4, -0.2) is 87.7 Å². The number of likely N-dealkylation sites (tertiary alicyclic amines) is 1. The number of hydrogen-bond acceptors (Lipinski definition) is 6. The van der Waals surface area contributed by atoms with Gasteiger partial charge >= 0.3 is 6.18 Å². The number of alkyl halides is 3. The molecule has 2 amide bonds. The van der Waals surface area contributed by atoms with Gasteiger partial charge in [0.05, 0.1) is 47.0 Å². The number of amides is 2. The molecular weight excluding hydrogens is 613 g/mol. The summed E-state index contributed by atoms with van der Waals surface area (Å²) >= 11 is 0. The van der Waals surface area contributed by atoms with E-state index in [0.717, 1.165) is 24.0 Å². The van der Waals surface area contributed by atoms with Crippen LogP contribution in [-0.2, 0) is 6.54 Å². The monoisotopic (exact) mass is 651 g/mol. The Morgan fingerprint density at radius 3 is 2.61 bits per heavy atom. The first-order valence-corrected chi connectivity index (χ1v) is 15.9. The highest BCUT2D eigenvalue weighted by atomic mass is 28.1. The molecule has 1 saturated carbocycles. The van der Waals surface area contributed by atoms with Crippen molar-refractivity contribution in [2.75, 3.05) is 39.1 Å². The number of ether oxygens (including phenoxy) is 1. The molecule has 2 atom stereocenters. The van der Waals surface area contributed by atoms with Crippen LogP contribution in [0.3, 0.4) is 0 Å². The molecular formula is C33H38F3N6O3Si. The number of imidazole rings is 1. The number of benzene rings is 2. The Hall–Kier alpha value is -4.02. The minimum Gasteiger partial charge on any atom is -0.495 e. The predicted octanol–water partition coefficient (Wildman–Crippen LogP) is 4.31. The van der Waals surface area contributed by atoms with Gasteiger partial charge in [-0.15, -0.1) is 0 Å². The SMILES string of the molecule is CNC(=O)c1ccc(NCC#Cc2cc(C(=O)NC3([Si])CCN(C4CCCC4)C[C@@H]3C)c3ncn(CC(F)(F)F)c3c2)c(OC)c1. The van der Waals surface area contributed by atoms with Gasteiger partial charge in [-0.25, -0.2) is 4.98 Å². The van der Waals surface area contributed by atoms with Crippen LogP contribution in [0.2, 0.25) is 0 Å². The van der Waals surface area contributed by atoms with Crippen molar-refractivity contribution in [3.8, 4) is 17.6 Å². The van der Waals surface area contributed by atoms with Crippen LogP contribution in [0.1, 0.15) is 65.3 Å². The van der Waals surface area contributed by atoms with Crippen LogP contribution in [0.25, 0.3) is 11.0 Å². The molecule has 243 valence electrons. The van der Waals surface area contributed by atoms with Crippen molar-refractivity contribution in [1.29, 1.82) is 0 Å². The van der Waals surface area contributed by atoms with Crippen molar-refractivity contribution in [3.05, 3.63) is 53.3 Å². The molecule has 2 fully saturated rings. The number of nitrogens with zero attached hydrogens (tertiary/aromatic N) is 3. The van der Waals surface area contributed by atoms with Gasteiger partial charge in [0.1, 0.15) is 17.8 Å². The maximum Gasteiger partial charge on any atom is 0.406 e. The van der Waals surface area contributed by atoms with Crippen LogP contribution in [0.15, 0.2) is 36.7 Å². The van der Waals surface area contributed by atoms with Crippen LogP contribution < -0.4 is 20.7 Å². The lowest BCUT2D eigenvalue weighted by Crippen LogP contribution is -2.62. The van der Waals surface area contributed by atoms with Crippen molar-refractivity contribution >= 4 is 38.8 Å². The minimum absolute atomic E-state index is 0.0946. The van der Waals surface area contributed by atoms with Crippen molar-refractivity contribution in [2.45, 2.75) is 63.0 Å². The van der Waals surface area contributed by atoms with Gasteiger partial charge in [-0.05, 0) is 55.5 Å². The number of fused-ring (bicyclic) bond motifs is 1. The van der Waals surface area contributed by atoms with Gasteiger partial charge in [-0.1, -0.05) is 31.6 Å². The van der Waals surface area contributed by atoms with E-state index in [1.807, 2.05) is 0 Å². The fourth-order valence-corrected chi connectivity index (χ4v) is 6.67. The molecule has 1 saturated heterocycles. The van der Waals surface area contributed by atoms with Crippen molar-refractivity contribution in [2.24, 2.45) is 5.92 Å². The number of methoxy groups -OCH3 is 1. The van der Waals surface area contributed by atoms with E-state index in [1.54, 1.807) is 24.3 Å². The van der Waals surface area contributed by atoms with E-state index in [4.69, 9.17) is 4.74 Å². The van der Waals surface area contributed by atoms with Crippen molar-refractivity contribution < 1.29 is 27.5 Å². The molecule has 9 nitrogen and oxygen atoms in total. The summed E-state index contributed by atoms with van der Waals surface area (Å²) in [5.74, 6) is 5.82. The fourth-order valence-electron chi connectivity index (χ4n) is 6.36. The average molecular weight is 652 g/mol. The second-order valence-corrected chi connectivity index (χ2v) is 12.9. The number of hydrogen-bond donors (Lipinski definition) is 3. The molecule has 5 rings (SSSR count). The van der Waals surface area contributed by atoms with Gasteiger partial charge in [-0.2, -0.15) is 13.2 Å². The Morgan fingerprint density at radius 2 is 1.93 bits per heavy atom. The molecule has 1 unspecified atom stereocenters. The highest BCUT2D eigenvalue weighted by Gasteiger charge is 2.40. The number of nitrogens with one attached hydrogen (secondary N) is 3. The van der Waals surface area contributed by atoms with Gasteiger partial charge in [0, 0.05) is 42.5 Å². The molecule has 2 aromatic carbocycles. The van der Waals surface area contributed by atoms with E-state index in [1.165, 1.54) is 45.9 Å². The highest BCUT2D eigenvalue weighted by molar-refractivity contribution is 6.18. The van der Waals surface area contributed by atoms with E-state index in [2.05, 4.69) is 54.8 Å². The minimum atomic E-state index is -4.48. The highest BCUT2D eigenvalue weighted by Crippen LogP contribution is 2.32. The number of aromatic nitrogens is 2. The Labute approximate surface area is 270 Å². The lowest BCUT2D eigenvalue weighted by atomic mass is 9.90. The molecule has 3 radical (unpaired) electrons. The molecule has 0 bridgehead atoms. The molecule has 13 heteroatoms. The number of carbonyl (C=O) groups is 2. The summed E-state index contributed by atoms with van der Waals surface area (Å²) in [7, 11) is 6.92. The summed E-state index contributed by atoms with van der Waals surface area (Å²) in [6.07, 6.45) is 2.22. The number of carbonyl (C=O) groups excluding carboxylic acids is 2. The second-order valence-electron chi connectivity index (χ2n) is 12.0. The maximum absolute atomic E-state index is 13.8. The molecule has 1 aliphatic carbocycles. The second kappa shape index (κ2) is 13.8. The topological polar surface area (TPSA) is 101 Å². The maximum atomic E-state index is 13.8. The summed E-state index contributed by atoms with van der Waals surface area (Å²) in [6, 6.07) is 8.62. The number of anilines is 1. The summed E-state index contributed by atoms with van der Waals surface area (Å²) < 4.78 is 46.6. The van der Waals surface area contributed by atoms with Crippen LogP contribution in [0, 0.1) is 17.8 Å². The predicted molar refractivity (Wildman–Crippen MR) is 171 cm³/mol. The van der Waals surface area contributed by atoms with Crippen LogP contribution >= 0.6 is 0 Å². The van der Waals surface area contributed by atoms with Gasteiger partial charge in [0.2, 0.25) is 0 Å². The Morgan fingerprint density at radius 1 is 1.17 bits per heavy atom. The first-order chi connectivity index (χ1) is 21.9. The van der Waals surface area contributed by atoms with Gasteiger partial charge in [0.25, 0.3) is 11.8 Å². The zero-order valence-corrected chi connectivity index (χ0v) is 27.2. The number of piperidine rings is 1. The zero-order valence-electron chi connectivity index (χ0n) is 26.2.